The molecule has 2 nitrogen and oxygen atoms in total. The number of hydrogen-bond donors (Lipinski definition) is 0. The molecule has 0 bridgehead atoms. The third kappa shape index (κ3) is 2.51. The highest BCUT2D eigenvalue weighted by Gasteiger charge is 2.16. The van der Waals surface area contributed by atoms with E-state index in [-0.39, 0.29) is 10.6 Å². The molecule has 3 aromatic rings. The number of hydrogen-bond acceptors (Lipinski definition) is 1. The molecule has 0 radical (unpaired) electrons. The summed E-state index contributed by atoms with van der Waals surface area (Å²) >= 11 is 3.54. The number of nitrogens with zero attached hydrogens (tertiary/aromatic N) is 2. The van der Waals surface area contributed by atoms with Gasteiger partial charge in [-0.2, -0.15) is 5.10 Å². The zero-order chi connectivity index (χ0) is 13.9. The lowest BCUT2D eigenvalue weighted by Crippen LogP contribution is -1.96. The molecule has 2 aromatic carbocycles. The quantitative estimate of drug-likeness (QED) is 0.647. The third-order valence-corrected chi connectivity index (χ3v) is 4.12. The van der Waals surface area contributed by atoms with Crippen molar-refractivity contribution >= 4 is 15.9 Å². The molecular formula is C16H12BrFN2. The van der Waals surface area contributed by atoms with Crippen LogP contribution in [0.25, 0.3) is 5.69 Å². The molecule has 1 atom stereocenters. The smallest absolute Gasteiger partial charge is 0.127 e. The highest BCUT2D eigenvalue weighted by atomic mass is 79.9. The normalized spacial score (nSPS) is 12.3. The van der Waals surface area contributed by atoms with Gasteiger partial charge in [-0.1, -0.05) is 52.3 Å². The average molecular weight is 331 g/mol. The molecule has 0 aliphatic heterocycles. The van der Waals surface area contributed by atoms with Crippen molar-refractivity contribution < 1.29 is 4.39 Å². The van der Waals surface area contributed by atoms with Gasteiger partial charge in [0.25, 0.3) is 0 Å². The summed E-state index contributed by atoms with van der Waals surface area (Å²) in [4.78, 5) is -0.207. The molecule has 0 N–H and O–H groups in total. The van der Waals surface area contributed by atoms with E-state index in [1.54, 1.807) is 23.0 Å². The van der Waals surface area contributed by atoms with Crippen molar-refractivity contribution in [2.24, 2.45) is 0 Å². The lowest BCUT2D eigenvalue weighted by atomic mass is 10.1. The largest absolute Gasteiger partial charge is 0.241 e. The van der Waals surface area contributed by atoms with Crippen molar-refractivity contribution in [3.05, 3.63) is 83.9 Å². The Morgan fingerprint density at radius 2 is 1.70 bits per heavy atom. The second-order valence-electron chi connectivity index (χ2n) is 4.44. The Balaban J connectivity index is 1.93. The summed E-state index contributed by atoms with van der Waals surface area (Å²) in [6.45, 7) is 0. The number of halogens is 2. The van der Waals surface area contributed by atoms with Gasteiger partial charge in [-0.05, 0) is 18.2 Å². The maximum absolute atomic E-state index is 13.8. The highest BCUT2D eigenvalue weighted by molar-refractivity contribution is 9.09. The number of alkyl halides is 1. The highest BCUT2D eigenvalue weighted by Crippen LogP contribution is 2.32. The van der Waals surface area contributed by atoms with Gasteiger partial charge in [0.1, 0.15) is 5.82 Å². The van der Waals surface area contributed by atoms with Gasteiger partial charge in [0, 0.05) is 17.3 Å². The molecule has 0 amide bonds. The summed E-state index contributed by atoms with van der Waals surface area (Å²) in [7, 11) is 0. The minimum Gasteiger partial charge on any atom is -0.241 e. The molecule has 0 spiro atoms. The SMILES string of the molecule is Fc1ccccc1C(Br)c1cnn(-c2ccccc2)c1. The molecule has 1 aromatic heterocycles. The molecule has 1 unspecified atom stereocenters. The van der Waals surface area contributed by atoms with E-state index in [4.69, 9.17) is 0 Å². The molecule has 20 heavy (non-hydrogen) atoms. The Hall–Kier alpha value is -1.94. The van der Waals surface area contributed by atoms with Crippen molar-refractivity contribution in [1.82, 2.24) is 9.78 Å². The zero-order valence-electron chi connectivity index (χ0n) is 10.6. The summed E-state index contributed by atoms with van der Waals surface area (Å²) < 4.78 is 15.6. The summed E-state index contributed by atoms with van der Waals surface area (Å²) in [5.74, 6) is -0.221. The van der Waals surface area contributed by atoms with Crippen molar-refractivity contribution in [3.63, 3.8) is 0 Å². The summed E-state index contributed by atoms with van der Waals surface area (Å²) in [6.07, 6.45) is 3.65. The summed E-state index contributed by atoms with van der Waals surface area (Å²) in [5, 5.41) is 4.33. The summed E-state index contributed by atoms with van der Waals surface area (Å²) in [5.41, 5.74) is 2.51. The monoisotopic (exact) mass is 330 g/mol. The number of rotatable bonds is 3. The topological polar surface area (TPSA) is 17.8 Å². The van der Waals surface area contributed by atoms with Crippen molar-refractivity contribution in [2.75, 3.05) is 0 Å². The van der Waals surface area contributed by atoms with Gasteiger partial charge in [-0.3, -0.25) is 0 Å². The van der Waals surface area contributed by atoms with E-state index in [0.29, 0.717) is 5.56 Å². The lowest BCUT2D eigenvalue weighted by molar-refractivity contribution is 0.613. The molecule has 0 aliphatic rings. The molecular weight excluding hydrogens is 319 g/mol. The van der Waals surface area contributed by atoms with Gasteiger partial charge in [-0.25, -0.2) is 9.07 Å². The van der Waals surface area contributed by atoms with Gasteiger partial charge in [-0.15, -0.1) is 0 Å². The van der Waals surface area contributed by atoms with Crippen LogP contribution in [0, 0.1) is 5.82 Å². The first kappa shape index (κ1) is 13.1. The van der Waals surface area contributed by atoms with Crippen LogP contribution in [0.3, 0.4) is 0 Å². The molecule has 1 heterocycles. The van der Waals surface area contributed by atoms with Crippen LogP contribution < -0.4 is 0 Å². The van der Waals surface area contributed by atoms with Crippen LogP contribution in [0.5, 0.6) is 0 Å². The second-order valence-corrected chi connectivity index (χ2v) is 5.35. The first-order valence-corrected chi connectivity index (χ1v) is 7.16. The van der Waals surface area contributed by atoms with Gasteiger partial charge in [0.05, 0.1) is 16.7 Å². The van der Waals surface area contributed by atoms with E-state index >= 15 is 0 Å². The fourth-order valence-corrected chi connectivity index (χ4v) is 2.66. The van der Waals surface area contributed by atoms with Crippen LogP contribution in [0.4, 0.5) is 4.39 Å². The van der Waals surface area contributed by atoms with Crippen molar-refractivity contribution in [1.29, 1.82) is 0 Å². The van der Waals surface area contributed by atoms with Crippen LogP contribution >= 0.6 is 15.9 Å². The second kappa shape index (κ2) is 5.59. The van der Waals surface area contributed by atoms with Gasteiger partial charge in [0.15, 0.2) is 0 Å². The minimum atomic E-state index is -0.221. The van der Waals surface area contributed by atoms with E-state index in [2.05, 4.69) is 21.0 Å². The Morgan fingerprint density at radius 1 is 1.00 bits per heavy atom. The molecule has 3 rings (SSSR count). The Kier molecular flexibility index (Phi) is 3.65. The molecule has 0 saturated carbocycles. The van der Waals surface area contributed by atoms with Crippen molar-refractivity contribution in [2.45, 2.75) is 4.83 Å². The Bertz CT molecular complexity index is 709. The van der Waals surface area contributed by atoms with E-state index in [1.165, 1.54) is 6.07 Å². The fraction of sp³-hybridized carbons (Fsp3) is 0.0625. The lowest BCUT2D eigenvalue weighted by Gasteiger charge is -2.08. The third-order valence-electron chi connectivity index (χ3n) is 3.09. The maximum Gasteiger partial charge on any atom is 0.127 e. The maximum atomic E-state index is 13.8. The zero-order valence-corrected chi connectivity index (χ0v) is 12.2. The fourth-order valence-electron chi connectivity index (χ4n) is 2.05. The van der Waals surface area contributed by atoms with Gasteiger partial charge < -0.3 is 0 Å². The van der Waals surface area contributed by atoms with Crippen LogP contribution in [0.15, 0.2) is 67.0 Å². The Labute approximate surface area is 125 Å². The number of aromatic nitrogens is 2. The van der Waals surface area contributed by atoms with Crippen molar-refractivity contribution in [3.8, 4) is 5.69 Å². The first-order chi connectivity index (χ1) is 9.75. The Morgan fingerprint density at radius 3 is 2.45 bits per heavy atom. The average Bonchev–Trinajstić information content (AvgIpc) is 2.98. The van der Waals surface area contributed by atoms with Gasteiger partial charge >= 0.3 is 0 Å². The van der Waals surface area contributed by atoms with Crippen LogP contribution in [-0.4, -0.2) is 9.78 Å². The molecule has 100 valence electrons. The minimum absolute atomic E-state index is 0.207. The van der Waals surface area contributed by atoms with E-state index in [1.807, 2.05) is 42.6 Å². The first-order valence-electron chi connectivity index (χ1n) is 6.24. The molecule has 0 aliphatic carbocycles. The van der Waals surface area contributed by atoms with Crippen LogP contribution in [0.2, 0.25) is 0 Å². The van der Waals surface area contributed by atoms with Crippen LogP contribution in [-0.2, 0) is 0 Å². The van der Waals surface area contributed by atoms with E-state index in [0.717, 1.165) is 11.3 Å². The van der Waals surface area contributed by atoms with E-state index < -0.39 is 0 Å². The molecule has 4 heteroatoms. The predicted molar refractivity (Wildman–Crippen MR) is 80.7 cm³/mol. The molecule has 0 fully saturated rings. The van der Waals surface area contributed by atoms with E-state index in [9.17, 15) is 4.39 Å². The van der Waals surface area contributed by atoms with Crippen LogP contribution in [0.1, 0.15) is 16.0 Å². The standard InChI is InChI=1S/C16H12BrFN2/c17-16(14-8-4-5-9-15(14)18)12-10-19-20(11-12)13-6-2-1-3-7-13/h1-11,16H. The van der Waals surface area contributed by atoms with Gasteiger partial charge in [0.2, 0.25) is 0 Å². The number of benzene rings is 2. The summed E-state index contributed by atoms with van der Waals surface area (Å²) in [6, 6.07) is 16.6. The number of para-hydroxylation sites is 1. The molecule has 0 saturated heterocycles. The predicted octanol–water partition coefficient (Wildman–Crippen LogP) is 4.50.